The van der Waals surface area contributed by atoms with Crippen molar-refractivity contribution in [3.63, 3.8) is 0 Å². The van der Waals surface area contributed by atoms with Gasteiger partial charge in [-0.2, -0.15) is 0 Å². The molecule has 2 atom stereocenters. The van der Waals surface area contributed by atoms with Gasteiger partial charge in [-0.25, -0.2) is 4.79 Å². The van der Waals surface area contributed by atoms with Crippen LogP contribution in [0.1, 0.15) is 11.7 Å². The average molecular weight is 254 g/mol. The molecule has 0 bridgehead atoms. The molecule has 0 unspecified atom stereocenters. The molecule has 1 aliphatic heterocycles. The number of epoxide rings is 1. The fourth-order valence-corrected chi connectivity index (χ4v) is 2.16. The van der Waals surface area contributed by atoms with Crippen molar-refractivity contribution in [2.24, 2.45) is 0 Å². The minimum Gasteiger partial charge on any atom is -0.467 e. The summed E-state index contributed by atoms with van der Waals surface area (Å²) in [6.07, 6.45) is -0.593. The summed E-state index contributed by atoms with van der Waals surface area (Å²) >= 11 is 0. The molecule has 0 saturated carbocycles. The summed E-state index contributed by atoms with van der Waals surface area (Å²) in [5, 5.41) is 0. The lowest BCUT2D eigenvalue weighted by atomic mass is 10.0. The summed E-state index contributed by atoms with van der Waals surface area (Å²) < 4.78 is 9.98. The zero-order valence-corrected chi connectivity index (χ0v) is 10.6. The van der Waals surface area contributed by atoms with Gasteiger partial charge in [0.05, 0.1) is 7.11 Å². The van der Waals surface area contributed by atoms with Gasteiger partial charge in [-0.1, -0.05) is 54.6 Å². The number of methoxy groups -OCH3 is 1. The minimum atomic E-state index is -0.437. The predicted molar refractivity (Wildman–Crippen MR) is 71.5 cm³/mol. The van der Waals surface area contributed by atoms with Crippen LogP contribution in [-0.4, -0.2) is 19.2 Å². The Bertz CT molecular complexity index is 575. The van der Waals surface area contributed by atoms with Crippen LogP contribution in [0.2, 0.25) is 0 Å². The zero-order chi connectivity index (χ0) is 13.2. The molecule has 2 aromatic rings. The second-order valence-electron chi connectivity index (χ2n) is 4.49. The van der Waals surface area contributed by atoms with Crippen molar-refractivity contribution in [3.05, 3.63) is 60.2 Å². The topological polar surface area (TPSA) is 38.8 Å². The second kappa shape index (κ2) is 4.86. The third kappa shape index (κ3) is 2.37. The van der Waals surface area contributed by atoms with Crippen LogP contribution in [0.5, 0.6) is 0 Å². The fraction of sp³-hybridized carbons (Fsp3) is 0.188. The van der Waals surface area contributed by atoms with E-state index in [1.54, 1.807) is 0 Å². The van der Waals surface area contributed by atoms with E-state index < -0.39 is 6.10 Å². The molecule has 1 aliphatic rings. The van der Waals surface area contributed by atoms with Gasteiger partial charge in [0.15, 0.2) is 6.10 Å². The molecule has 2 aromatic carbocycles. The normalized spacial score (nSPS) is 20.9. The molecule has 0 aromatic heterocycles. The average Bonchev–Trinajstić information content (AvgIpc) is 3.28. The van der Waals surface area contributed by atoms with Gasteiger partial charge in [0.25, 0.3) is 0 Å². The van der Waals surface area contributed by atoms with Gasteiger partial charge in [-0.05, 0) is 16.7 Å². The van der Waals surface area contributed by atoms with Crippen LogP contribution in [0.25, 0.3) is 11.1 Å². The molecule has 0 N–H and O–H groups in total. The first kappa shape index (κ1) is 11.9. The maximum Gasteiger partial charge on any atom is 0.338 e. The van der Waals surface area contributed by atoms with Crippen molar-refractivity contribution in [2.75, 3.05) is 7.11 Å². The second-order valence-corrected chi connectivity index (χ2v) is 4.49. The van der Waals surface area contributed by atoms with Crippen LogP contribution in [0.15, 0.2) is 54.6 Å². The van der Waals surface area contributed by atoms with Crippen molar-refractivity contribution in [3.8, 4) is 11.1 Å². The van der Waals surface area contributed by atoms with Gasteiger partial charge in [-0.3, -0.25) is 0 Å². The molecule has 1 fully saturated rings. The van der Waals surface area contributed by atoms with E-state index in [2.05, 4.69) is 16.9 Å². The lowest BCUT2D eigenvalue weighted by Crippen LogP contribution is -2.09. The Morgan fingerprint density at radius 2 is 1.63 bits per heavy atom. The largest absolute Gasteiger partial charge is 0.467 e. The van der Waals surface area contributed by atoms with Gasteiger partial charge in [-0.15, -0.1) is 0 Å². The molecule has 0 radical (unpaired) electrons. The fourth-order valence-electron chi connectivity index (χ4n) is 2.16. The zero-order valence-electron chi connectivity index (χ0n) is 10.6. The van der Waals surface area contributed by atoms with E-state index in [9.17, 15) is 4.79 Å². The summed E-state index contributed by atoms with van der Waals surface area (Å²) in [5.74, 6) is -0.308. The number of carbonyl (C=O) groups excluding carboxylic acids is 1. The van der Waals surface area contributed by atoms with Gasteiger partial charge in [0.1, 0.15) is 6.10 Å². The van der Waals surface area contributed by atoms with Crippen molar-refractivity contribution < 1.29 is 14.3 Å². The highest BCUT2D eigenvalue weighted by Crippen LogP contribution is 2.39. The van der Waals surface area contributed by atoms with Crippen LogP contribution in [0.4, 0.5) is 0 Å². The van der Waals surface area contributed by atoms with Crippen LogP contribution in [0, 0.1) is 0 Å². The van der Waals surface area contributed by atoms with E-state index in [4.69, 9.17) is 4.74 Å². The molecular formula is C16H14O3. The van der Waals surface area contributed by atoms with Gasteiger partial charge < -0.3 is 9.47 Å². The standard InChI is InChI=1S/C16H14O3/c1-18-16(17)15-14(19-15)13-9-7-12(8-10-13)11-5-3-2-4-6-11/h2-10,14-15H,1H3/t14-,15-/m1/s1. The quantitative estimate of drug-likeness (QED) is 0.624. The number of rotatable bonds is 3. The van der Waals surface area contributed by atoms with Crippen LogP contribution < -0.4 is 0 Å². The van der Waals surface area contributed by atoms with Gasteiger partial charge in [0, 0.05) is 0 Å². The maximum atomic E-state index is 11.3. The van der Waals surface area contributed by atoms with E-state index in [0.29, 0.717) is 0 Å². The highest BCUT2D eigenvalue weighted by Gasteiger charge is 2.47. The Hall–Kier alpha value is -2.13. The van der Waals surface area contributed by atoms with E-state index in [0.717, 1.165) is 11.1 Å². The molecular weight excluding hydrogens is 240 g/mol. The van der Waals surface area contributed by atoms with E-state index in [1.807, 2.05) is 42.5 Å². The minimum absolute atomic E-state index is 0.155. The predicted octanol–water partition coefficient (Wildman–Crippen LogP) is 2.97. The number of ether oxygens (including phenoxy) is 2. The molecule has 96 valence electrons. The first-order valence-electron chi connectivity index (χ1n) is 6.18. The highest BCUT2D eigenvalue weighted by atomic mass is 16.6. The Morgan fingerprint density at radius 1 is 1.00 bits per heavy atom. The van der Waals surface area contributed by atoms with E-state index in [-0.39, 0.29) is 12.1 Å². The Labute approximate surface area is 111 Å². The monoisotopic (exact) mass is 254 g/mol. The summed E-state index contributed by atoms with van der Waals surface area (Å²) in [6, 6.07) is 18.2. The van der Waals surface area contributed by atoms with E-state index >= 15 is 0 Å². The van der Waals surface area contributed by atoms with Crippen LogP contribution >= 0.6 is 0 Å². The SMILES string of the molecule is COC(=O)[C@@H]1O[C@@H]1c1ccc(-c2ccccc2)cc1. The number of carbonyl (C=O) groups is 1. The molecule has 19 heavy (non-hydrogen) atoms. The summed E-state index contributed by atoms with van der Waals surface area (Å²) in [4.78, 5) is 11.3. The number of hydrogen-bond acceptors (Lipinski definition) is 3. The molecule has 0 amide bonds. The molecule has 0 spiro atoms. The van der Waals surface area contributed by atoms with Gasteiger partial charge in [0.2, 0.25) is 0 Å². The Morgan fingerprint density at radius 3 is 2.26 bits per heavy atom. The lowest BCUT2D eigenvalue weighted by molar-refractivity contribution is -0.142. The molecule has 0 aliphatic carbocycles. The summed E-state index contributed by atoms with van der Waals surface area (Å²) in [7, 11) is 1.37. The van der Waals surface area contributed by atoms with Crippen LogP contribution in [0.3, 0.4) is 0 Å². The maximum absolute atomic E-state index is 11.3. The van der Waals surface area contributed by atoms with E-state index in [1.165, 1.54) is 12.7 Å². The summed E-state index contributed by atoms with van der Waals surface area (Å²) in [5.41, 5.74) is 3.34. The van der Waals surface area contributed by atoms with Crippen molar-refractivity contribution >= 4 is 5.97 Å². The van der Waals surface area contributed by atoms with Crippen molar-refractivity contribution in [2.45, 2.75) is 12.2 Å². The first-order chi connectivity index (χ1) is 9.29. The molecule has 3 heteroatoms. The highest BCUT2D eigenvalue weighted by molar-refractivity contribution is 5.78. The first-order valence-corrected chi connectivity index (χ1v) is 6.18. The number of hydrogen-bond donors (Lipinski definition) is 0. The third-order valence-electron chi connectivity index (χ3n) is 3.27. The van der Waals surface area contributed by atoms with Gasteiger partial charge >= 0.3 is 5.97 Å². The smallest absolute Gasteiger partial charge is 0.338 e. The Kier molecular flexibility index (Phi) is 3.05. The molecule has 1 saturated heterocycles. The number of benzene rings is 2. The molecule has 1 heterocycles. The van der Waals surface area contributed by atoms with Crippen LogP contribution in [-0.2, 0) is 14.3 Å². The molecule has 3 rings (SSSR count). The third-order valence-corrected chi connectivity index (χ3v) is 3.27. The summed E-state index contributed by atoms with van der Waals surface area (Å²) in [6.45, 7) is 0. The number of esters is 1. The lowest BCUT2D eigenvalue weighted by Gasteiger charge is -2.02. The Balaban J connectivity index is 1.76. The van der Waals surface area contributed by atoms with Crippen molar-refractivity contribution in [1.82, 2.24) is 0 Å². The molecule has 3 nitrogen and oxygen atoms in total. The van der Waals surface area contributed by atoms with Crippen molar-refractivity contribution in [1.29, 1.82) is 0 Å².